The summed E-state index contributed by atoms with van der Waals surface area (Å²) in [6.45, 7) is 4.81. The minimum Gasteiger partial charge on any atom is -0.391 e. The Morgan fingerprint density at radius 3 is 1.81 bits per heavy atom. The molecule has 1 unspecified atom stereocenters. The Balaban J connectivity index is 1.24. The van der Waals surface area contributed by atoms with Crippen LogP contribution in [0.25, 0.3) is 0 Å². The summed E-state index contributed by atoms with van der Waals surface area (Å²) < 4.78 is 0. The highest BCUT2D eigenvalue weighted by Gasteiger charge is 2.26. The number of piperazine rings is 1. The van der Waals surface area contributed by atoms with Gasteiger partial charge in [-0.15, -0.1) is 0 Å². The molecule has 1 heterocycles. The van der Waals surface area contributed by atoms with Crippen molar-refractivity contribution in [2.75, 3.05) is 44.2 Å². The molecule has 4 heteroatoms. The first-order chi connectivity index (χ1) is 15.8. The summed E-state index contributed by atoms with van der Waals surface area (Å²) in [5, 5.41) is 10.6. The molecule has 1 aliphatic rings. The minimum absolute atomic E-state index is 0.263. The van der Waals surface area contributed by atoms with Crippen LogP contribution in [0.3, 0.4) is 0 Å². The Labute approximate surface area is 197 Å². The predicted molar refractivity (Wildman–Crippen MR) is 136 cm³/mol. The number of hydrogen-bond acceptors (Lipinski definition) is 4. The molecule has 3 nitrogen and oxygen atoms in total. The Bertz CT molecular complexity index is 859. The van der Waals surface area contributed by atoms with Crippen LogP contribution < -0.4 is 0 Å². The van der Waals surface area contributed by atoms with Gasteiger partial charge in [0.25, 0.3) is 0 Å². The van der Waals surface area contributed by atoms with Crippen LogP contribution in [-0.2, 0) is 6.42 Å². The number of aryl methyl sites for hydroxylation is 1. The fourth-order valence-corrected chi connectivity index (χ4v) is 5.42. The number of benzene rings is 3. The van der Waals surface area contributed by atoms with Crippen molar-refractivity contribution in [2.45, 2.75) is 18.6 Å². The quantitative estimate of drug-likeness (QED) is 0.456. The number of thioether (sulfide) groups is 1. The summed E-state index contributed by atoms with van der Waals surface area (Å²) in [6, 6.07) is 32.5. The van der Waals surface area contributed by atoms with Crippen LogP contribution in [0.5, 0.6) is 0 Å². The van der Waals surface area contributed by atoms with E-state index >= 15 is 0 Å². The van der Waals surface area contributed by atoms with Gasteiger partial charge in [-0.05, 0) is 28.9 Å². The smallest absolute Gasteiger partial charge is 0.0757 e. The third kappa shape index (κ3) is 6.69. The highest BCUT2D eigenvalue weighted by atomic mass is 32.2. The van der Waals surface area contributed by atoms with Crippen molar-refractivity contribution >= 4 is 11.8 Å². The van der Waals surface area contributed by atoms with Crippen LogP contribution in [-0.4, -0.2) is 65.2 Å². The van der Waals surface area contributed by atoms with Gasteiger partial charge in [-0.1, -0.05) is 91.0 Å². The topological polar surface area (TPSA) is 26.7 Å². The second kappa shape index (κ2) is 12.2. The van der Waals surface area contributed by atoms with E-state index in [1.807, 2.05) is 11.8 Å². The average Bonchev–Trinajstić information content (AvgIpc) is 2.85. The van der Waals surface area contributed by atoms with E-state index < -0.39 is 0 Å². The zero-order valence-corrected chi connectivity index (χ0v) is 19.5. The van der Waals surface area contributed by atoms with Gasteiger partial charge in [0.1, 0.15) is 0 Å². The Hall–Kier alpha value is -2.11. The van der Waals surface area contributed by atoms with Crippen molar-refractivity contribution in [3.05, 3.63) is 108 Å². The molecule has 0 amide bonds. The summed E-state index contributed by atoms with van der Waals surface area (Å²) in [6.07, 6.45) is 0.804. The summed E-state index contributed by atoms with van der Waals surface area (Å²) >= 11 is 1.86. The fourth-order valence-electron chi connectivity index (χ4n) is 4.49. The van der Waals surface area contributed by atoms with Crippen molar-refractivity contribution in [2.24, 2.45) is 0 Å². The maximum atomic E-state index is 10.6. The van der Waals surface area contributed by atoms with Gasteiger partial charge in [0.15, 0.2) is 0 Å². The van der Waals surface area contributed by atoms with E-state index in [4.69, 9.17) is 0 Å². The van der Waals surface area contributed by atoms with Crippen LogP contribution in [0, 0.1) is 0 Å². The van der Waals surface area contributed by atoms with Gasteiger partial charge in [-0.25, -0.2) is 0 Å². The van der Waals surface area contributed by atoms with Crippen molar-refractivity contribution in [1.82, 2.24) is 9.80 Å². The molecule has 1 aliphatic heterocycles. The summed E-state index contributed by atoms with van der Waals surface area (Å²) in [4.78, 5) is 5.01. The third-order valence-electron chi connectivity index (χ3n) is 6.16. The summed E-state index contributed by atoms with van der Waals surface area (Å²) in [5.74, 6) is 1.87. The van der Waals surface area contributed by atoms with Gasteiger partial charge in [-0.2, -0.15) is 11.8 Å². The van der Waals surface area contributed by atoms with E-state index in [2.05, 4.69) is 101 Å². The molecule has 0 saturated carbocycles. The zero-order valence-electron chi connectivity index (χ0n) is 18.7. The molecule has 0 aliphatic carbocycles. The summed E-state index contributed by atoms with van der Waals surface area (Å²) in [7, 11) is 0. The second-order valence-electron chi connectivity index (χ2n) is 8.52. The van der Waals surface area contributed by atoms with Gasteiger partial charge in [-0.3, -0.25) is 9.80 Å². The molecule has 32 heavy (non-hydrogen) atoms. The number of nitrogens with zero attached hydrogens (tertiary/aromatic N) is 2. The van der Waals surface area contributed by atoms with Crippen LogP contribution in [0.1, 0.15) is 22.7 Å². The second-order valence-corrected chi connectivity index (χ2v) is 9.67. The maximum Gasteiger partial charge on any atom is 0.0757 e. The molecule has 1 atom stereocenters. The molecular formula is C28H34N2OS. The molecule has 3 aromatic rings. The van der Waals surface area contributed by atoms with Crippen LogP contribution in [0.15, 0.2) is 91.0 Å². The van der Waals surface area contributed by atoms with Crippen molar-refractivity contribution in [3.8, 4) is 0 Å². The predicted octanol–water partition coefficient (Wildman–Crippen LogP) is 4.73. The normalized spacial score (nSPS) is 16.3. The number of hydrogen-bond donors (Lipinski definition) is 1. The SMILES string of the molecule is OC(CSCCc1ccccc1)CN1CCN(C(c2ccccc2)c2ccccc2)CC1. The molecule has 0 radical (unpaired) electrons. The molecule has 1 saturated heterocycles. The summed E-state index contributed by atoms with van der Waals surface area (Å²) in [5.41, 5.74) is 4.07. The lowest BCUT2D eigenvalue weighted by Gasteiger charge is -2.40. The van der Waals surface area contributed by atoms with Gasteiger partial charge < -0.3 is 5.11 Å². The number of rotatable bonds is 10. The van der Waals surface area contributed by atoms with Crippen LogP contribution in [0.4, 0.5) is 0 Å². The zero-order chi connectivity index (χ0) is 22.0. The molecule has 0 aromatic heterocycles. The molecule has 3 aromatic carbocycles. The standard InChI is InChI=1S/C28H34N2OS/c31-27(23-32-21-16-24-10-4-1-5-11-24)22-29-17-19-30(20-18-29)28(25-12-6-2-7-13-25)26-14-8-3-9-15-26/h1-15,27-28,31H,16-23H2. The van der Waals surface area contributed by atoms with Gasteiger partial charge in [0, 0.05) is 38.5 Å². The first-order valence-corrected chi connectivity index (χ1v) is 12.8. The maximum absolute atomic E-state index is 10.6. The highest BCUT2D eigenvalue weighted by Crippen LogP contribution is 2.29. The molecule has 0 spiro atoms. The molecule has 1 fully saturated rings. The van der Waals surface area contributed by atoms with E-state index in [0.717, 1.165) is 50.7 Å². The van der Waals surface area contributed by atoms with Gasteiger partial charge >= 0.3 is 0 Å². The molecule has 168 valence electrons. The minimum atomic E-state index is -0.263. The molecule has 4 rings (SSSR count). The number of aliphatic hydroxyl groups is 1. The van der Waals surface area contributed by atoms with Crippen molar-refractivity contribution < 1.29 is 5.11 Å². The lowest BCUT2D eigenvalue weighted by molar-refractivity contribution is 0.0708. The van der Waals surface area contributed by atoms with Crippen LogP contribution in [0.2, 0.25) is 0 Å². The Kier molecular flexibility index (Phi) is 8.80. The Morgan fingerprint density at radius 2 is 1.25 bits per heavy atom. The van der Waals surface area contributed by atoms with E-state index in [9.17, 15) is 5.11 Å². The van der Waals surface area contributed by atoms with Crippen molar-refractivity contribution in [3.63, 3.8) is 0 Å². The number of β-amino-alcohol motifs (C(OH)–C–C–N with tert-alkyl or cyclic N) is 1. The van der Waals surface area contributed by atoms with E-state index in [0.29, 0.717) is 0 Å². The average molecular weight is 447 g/mol. The number of aliphatic hydroxyl groups excluding tert-OH is 1. The van der Waals surface area contributed by atoms with Crippen molar-refractivity contribution in [1.29, 1.82) is 0 Å². The van der Waals surface area contributed by atoms with Gasteiger partial charge in [0.2, 0.25) is 0 Å². The third-order valence-corrected chi connectivity index (χ3v) is 7.27. The molecular weight excluding hydrogens is 412 g/mol. The van der Waals surface area contributed by atoms with E-state index in [1.54, 1.807) is 0 Å². The molecule has 1 N–H and O–H groups in total. The fraction of sp³-hybridized carbons (Fsp3) is 0.357. The largest absolute Gasteiger partial charge is 0.391 e. The van der Waals surface area contributed by atoms with Crippen LogP contribution >= 0.6 is 11.8 Å². The van der Waals surface area contributed by atoms with E-state index in [1.165, 1.54) is 16.7 Å². The molecule has 0 bridgehead atoms. The lowest BCUT2D eigenvalue weighted by Crippen LogP contribution is -2.50. The Morgan fingerprint density at radius 1 is 0.719 bits per heavy atom. The monoisotopic (exact) mass is 446 g/mol. The van der Waals surface area contributed by atoms with Gasteiger partial charge in [0.05, 0.1) is 12.1 Å². The van der Waals surface area contributed by atoms with E-state index in [-0.39, 0.29) is 12.1 Å². The first kappa shape index (κ1) is 23.1. The highest BCUT2D eigenvalue weighted by molar-refractivity contribution is 7.99. The lowest BCUT2D eigenvalue weighted by atomic mass is 9.96. The first-order valence-electron chi connectivity index (χ1n) is 11.7.